The summed E-state index contributed by atoms with van der Waals surface area (Å²) in [6.45, 7) is 8.45. The molecule has 1 aromatic carbocycles. The quantitative estimate of drug-likeness (QED) is 0.573. The van der Waals surface area contributed by atoms with Crippen molar-refractivity contribution in [3.05, 3.63) is 35.7 Å². The van der Waals surface area contributed by atoms with E-state index in [2.05, 4.69) is 43.1 Å². The van der Waals surface area contributed by atoms with Crippen molar-refractivity contribution in [3.8, 4) is 5.75 Å². The lowest BCUT2D eigenvalue weighted by molar-refractivity contribution is -0.128. The van der Waals surface area contributed by atoms with Crippen LogP contribution in [0.3, 0.4) is 0 Å². The molecule has 2 heterocycles. The molecule has 0 bridgehead atoms. The van der Waals surface area contributed by atoms with Gasteiger partial charge in [0.25, 0.3) is 0 Å². The van der Waals surface area contributed by atoms with E-state index in [1.807, 2.05) is 17.0 Å². The summed E-state index contributed by atoms with van der Waals surface area (Å²) >= 11 is 1.32. The van der Waals surface area contributed by atoms with Crippen LogP contribution < -0.4 is 10.6 Å². The number of likely N-dealkylation sites (tertiary alicyclic amines) is 1. The Morgan fingerprint density at radius 1 is 1.10 bits per heavy atom. The van der Waals surface area contributed by atoms with Crippen molar-refractivity contribution >= 4 is 17.7 Å². The first-order valence-corrected chi connectivity index (χ1v) is 11.2. The highest BCUT2D eigenvalue weighted by atomic mass is 32.2. The first kappa shape index (κ1) is 21.5. The SMILES string of the molecule is CC(C)(C)c1ccc(OCc2nnc(SCC(=O)N3CCCCCC3)n2N)cc1. The van der Waals surface area contributed by atoms with Crippen LogP contribution in [-0.2, 0) is 16.8 Å². The zero-order chi connectivity index (χ0) is 20.9. The molecule has 158 valence electrons. The van der Waals surface area contributed by atoms with Crippen LogP contribution in [0.15, 0.2) is 29.4 Å². The fourth-order valence-electron chi connectivity index (χ4n) is 3.24. The van der Waals surface area contributed by atoms with E-state index in [4.69, 9.17) is 10.6 Å². The van der Waals surface area contributed by atoms with Gasteiger partial charge in [0.2, 0.25) is 11.1 Å². The molecule has 7 nitrogen and oxygen atoms in total. The summed E-state index contributed by atoms with van der Waals surface area (Å²) in [7, 11) is 0. The Kier molecular flexibility index (Phi) is 7.05. The van der Waals surface area contributed by atoms with E-state index in [1.165, 1.54) is 34.8 Å². The fourth-order valence-corrected chi connectivity index (χ4v) is 4.02. The molecule has 1 saturated heterocycles. The molecule has 0 radical (unpaired) electrons. The Morgan fingerprint density at radius 3 is 2.38 bits per heavy atom. The van der Waals surface area contributed by atoms with E-state index in [0.717, 1.165) is 31.7 Å². The minimum absolute atomic E-state index is 0.104. The number of amides is 1. The smallest absolute Gasteiger partial charge is 0.233 e. The number of hydrogen-bond acceptors (Lipinski definition) is 6. The highest BCUT2D eigenvalue weighted by Crippen LogP contribution is 2.25. The van der Waals surface area contributed by atoms with Crippen LogP contribution in [0.5, 0.6) is 5.75 Å². The summed E-state index contributed by atoms with van der Waals surface area (Å²) in [5.41, 5.74) is 1.35. The average Bonchev–Trinajstić information content (AvgIpc) is 2.88. The highest BCUT2D eigenvalue weighted by molar-refractivity contribution is 7.99. The topological polar surface area (TPSA) is 86.3 Å². The molecule has 0 saturated carbocycles. The van der Waals surface area contributed by atoms with Gasteiger partial charge in [-0.05, 0) is 36.0 Å². The van der Waals surface area contributed by atoms with Crippen LogP contribution >= 0.6 is 11.8 Å². The standard InChI is InChI=1S/C21H31N5O2S/c1-21(2,3)16-8-10-17(11-9-16)28-14-18-23-24-20(26(18)22)29-15-19(27)25-12-6-4-5-7-13-25/h8-11H,4-7,12-15,22H2,1-3H3. The Bertz CT molecular complexity index is 805. The predicted octanol–water partition coefficient (Wildman–Crippen LogP) is 3.36. The lowest BCUT2D eigenvalue weighted by atomic mass is 9.87. The first-order valence-electron chi connectivity index (χ1n) is 10.2. The lowest BCUT2D eigenvalue weighted by Gasteiger charge is -2.19. The third-order valence-corrected chi connectivity index (χ3v) is 6.03. The van der Waals surface area contributed by atoms with Crippen LogP contribution in [0.25, 0.3) is 0 Å². The fraction of sp³-hybridized carbons (Fsp3) is 0.571. The van der Waals surface area contributed by atoms with Gasteiger partial charge in [0.15, 0.2) is 5.82 Å². The summed E-state index contributed by atoms with van der Waals surface area (Å²) in [5.74, 6) is 7.84. The minimum Gasteiger partial charge on any atom is -0.486 e. The Labute approximate surface area is 177 Å². The first-order chi connectivity index (χ1) is 13.8. The maximum Gasteiger partial charge on any atom is 0.233 e. The van der Waals surface area contributed by atoms with Gasteiger partial charge in [0.05, 0.1) is 5.75 Å². The van der Waals surface area contributed by atoms with Gasteiger partial charge >= 0.3 is 0 Å². The van der Waals surface area contributed by atoms with Crippen molar-refractivity contribution in [2.45, 2.75) is 63.6 Å². The second kappa shape index (κ2) is 9.52. The van der Waals surface area contributed by atoms with Gasteiger partial charge < -0.3 is 15.5 Å². The molecule has 8 heteroatoms. The maximum absolute atomic E-state index is 12.4. The number of nitrogens with zero attached hydrogens (tertiary/aromatic N) is 4. The summed E-state index contributed by atoms with van der Waals surface area (Å²) in [5, 5.41) is 8.74. The van der Waals surface area contributed by atoms with Crippen molar-refractivity contribution in [3.63, 3.8) is 0 Å². The zero-order valence-corrected chi connectivity index (χ0v) is 18.4. The van der Waals surface area contributed by atoms with Crippen LogP contribution in [-0.4, -0.2) is 44.5 Å². The van der Waals surface area contributed by atoms with Crippen LogP contribution in [0.2, 0.25) is 0 Å². The molecule has 0 unspecified atom stereocenters. The van der Waals surface area contributed by atoms with Gasteiger partial charge in [-0.1, -0.05) is 57.5 Å². The monoisotopic (exact) mass is 417 g/mol. The van der Waals surface area contributed by atoms with Crippen LogP contribution in [0.4, 0.5) is 0 Å². The molecule has 0 aliphatic carbocycles. The van der Waals surface area contributed by atoms with Crippen molar-refractivity contribution in [2.24, 2.45) is 0 Å². The van der Waals surface area contributed by atoms with E-state index < -0.39 is 0 Å². The molecule has 0 spiro atoms. The van der Waals surface area contributed by atoms with E-state index in [9.17, 15) is 4.79 Å². The molecule has 1 amide bonds. The number of ether oxygens (including phenoxy) is 1. The maximum atomic E-state index is 12.4. The number of hydrogen-bond donors (Lipinski definition) is 1. The van der Waals surface area contributed by atoms with Gasteiger partial charge in [-0.3, -0.25) is 4.79 Å². The van der Waals surface area contributed by atoms with Gasteiger partial charge in [0.1, 0.15) is 12.4 Å². The molecule has 29 heavy (non-hydrogen) atoms. The Morgan fingerprint density at radius 2 is 1.76 bits per heavy atom. The number of nitrogen functional groups attached to an aromatic ring is 1. The molecular formula is C21H31N5O2S. The second-order valence-electron chi connectivity index (χ2n) is 8.42. The number of benzene rings is 1. The number of rotatable bonds is 6. The molecule has 2 aromatic rings. The molecular weight excluding hydrogens is 386 g/mol. The summed E-state index contributed by atoms with van der Waals surface area (Å²) in [6.07, 6.45) is 4.58. The van der Waals surface area contributed by atoms with E-state index >= 15 is 0 Å². The molecule has 1 aliphatic rings. The second-order valence-corrected chi connectivity index (χ2v) is 9.36. The number of nitrogens with two attached hydrogens (primary N) is 1. The molecule has 1 aromatic heterocycles. The predicted molar refractivity (Wildman–Crippen MR) is 115 cm³/mol. The van der Waals surface area contributed by atoms with Gasteiger partial charge in [0, 0.05) is 13.1 Å². The number of carbonyl (C=O) groups excluding carboxylic acids is 1. The molecule has 3 rings (SSSR count). The Balaban J connectivity index is 1.52. The molecule has 1 fully saturated rings. The minimum atomic E-state index is 0.104. The van der Waals surface area contributed by atoms with Gasteiger partial charge in [-0.2, -0.15) is 0 Å². The zero-order valence-electron chi connectivity index (χ0n) is 17.6. The summed E-state index contributed by atoms with van der Waals surface area (Å²) < 4.78 is 7.21. The van der Waals surface area contributed by atoms with E-state index in [-0.39, 0.29) is 17.9 Å². The number of carbonyl (C=O) groups is 1. The molecule has 1 aliphatic heterocycles. The third kappa shape index (κ3) is 5.88. The van der Waals surface area contributed by atoms with Crippen molar-refractivity contribution in [1.29, 1.82) is 0 Å². The normalized spacial score (nSPS) is 15.2. The average molecular weight is 418 g/mol. The van der Waals surface area contributed by atoms with Crippen LogP contribution in [0, 0.1) is 0 Å². The number of aromatic nitrogens is 3. The molecule has 0 atom stereocenters. The van der Waals surface area contributed by atoms with Gasteiger partial charge in [-0.15, -0.1) is 10.2 Å². The van der Waals surface area contributed by atoms with Crippen LogP contribution in [0.1, 0.15) is 57.8 Å². The van der Waals surface area contributed by atoms with Crippen molar-refractivity contribution in [1.82, 2.24) is 19.8 Å². The van der Waals surface area contributed by atoms with E-state index in [0.29, 0.717) is 16.7 Å². The molecule has 2 N–H and O–H groups in total. The lowest BCUT2D eigenvalue weighted by Crippen LogP contribution is -2.33. The van der Waals surface area contributed by atoms with Crippen molar-refractivity contribution < 1.29 is 9.53 Å². The number of thioether (sulfide) groups is 1. The van der Waals surface area contributed by atoms with Crippen molar-refractivity contribution in [2.75, 3.05) is 24.7 Å². The van der Waals surface area contributed by atoms with E-state index in [1.54, 1.807) is 0 Å². The Hall–Kier alpha value is -2.22. The largest absolute Gasteiger partial charge is 0.486 e. The highest BCUT2D eigenvalue weighted by Gasteiger charge is 2.18. The summed E-state index contributed by atoms with van der Waals surface area (Å²) in [4.78, 5) is 14.4. The summed E-state index contributed by atoms with van der Waals surface area (Å²) in [6, 6.07) is 8.04. The van der Waals surface area contributed by atoms with Gasteiger partial charge in [-0.25, -0.2) is 4.68 Å². The third-order valence-electron chi connectivity index (χ3n) is 5.11.